The first kappa shape index (κ1) is 11.5. The Balaban J connectivity index is 1.79. The Labute approximate surface area is 103 Å². The lowest BCUT2D eigenvalue weighted by atomic mass is 9.91. The van der Waals surface area contributed by atoms with E-state index >= 15 is 0 Å². The summed E-state index contributed by atoms with van der Waals surface area (Å²) in [5.74, 6) is 1.26. The molecule has 1 N–H and O–H groups in total. The molecule has 1 heterocycles. The van der Waals surface area contributed by atoms with Gasteiger partial charge in [0.2, 0.25) is 0 Å². The summed E-state index contributed by atoms with van der Waals surface area (Å²) in [6, 6.07) is 0.382. The van der Waals surface area contributed by atoms with Gasteiger partial charge < -0.3 is 9.94 Å². The third-order valence-electron chi connectivity index (χ3n) is 4.60. The molecule has 4 nitrogen and oxygen atoms in total. The van der Waals surface area contributed by atoms with Crippen LogP contribution in [0.3, 0.4) is 0 Å². The van der Waals surface area contributed by atoms with Crippen LogP contribution in [0.15, 0.2) is 5.16 Å². The maximum Gasteiger partial charge on any atom is 0.0775 e. The lowest BCUT2D eigenvalue weighted by Gasteiger charge is -2.41. The largest absolute Gasteiger partial charge is 0.411 e. The van der Waals surface area contributed by atoms with Crippen molar-refractivity contribution in [2.45, 2.75) is 51.4 Å². The molecule has 2 aliphatic carbocycles. The van der Waals surface area contributed by atoms with Crippen LogP contribution in [-0.2, 0) is 4.74 Å². The fourth-order valence-corrected chi connectivity index (χ4v) is 4.13. The Hall–Kier alpha value is -0.610. The van der Waals surface area contributed by atoms with Crippen molar-refractivity contribution in [1.29, 1.82) is 0 Å². The van der Waals surface area contributed by atoms with Crippen molar-refractivity contribution in [3.8, 4) is 0 Å². The van der Waals surface area contributed by atoms with Gasteiger partial charge in [0.15, 0.2) is 0 Å². The summed E-state index contributed by atoms with van der Waals surface area (Å²) in [6.07, 6.45) is 4.32. The predicted molar refractivity (Wildman–Crippen MR) is 65.4 cm³/mol. The van der Waals surface area contributed by atoms with E-state index in [1.54, 1.807) is 0 Å². The van der Waals surface area contributed by atoms with Crippen LogP contribution < -0.4 is 0 Å². The highest BCUT2D eigenvalue weighted by Crippen LogP contribution is 2.45. The zero-order chi connectivity index (χ0) is 12.0. The second kappa shape index (κ2) is 4.25. The van der Waals surface area contributed by atoms with Gasteiger partial charge in [0.25, 0.3) is 0 Å². The molecule has 0 aromatic heterocycles. The first-order valence-electron chi connectivity index (χ1n) is 6.80. The van der Waals surface area contributed by atoms with E-state index in [9.17, 15) is 5.21 Å². The molecule has 3 aliphatic rings. The van der Waals surface area contributed by atoms with Crippen molar-refractivity contribution in [3.63, 3.8) is 0 Å². The molecule has 4 heteroatoms. The van der Waals surface area contributed by atoms with E-state index < -0.39 is 0 Å². The second-order valence-electron chi connectivity index (χ2n) is 5.95. The molecule has 2 bridgehead atoms. The molecule has 0 amide bonds. The summed E-state index contributed by atoms with van der Waals surface area (Å²) >= 11 is 0. The van der Waals surface area contributed by atoms with E-state index in [4.69, 9.17) is 4.74 Å². The summed E-state index contributed by atoms with van der Waals surface area (Å²) in [7, 11) is 0. The third kappa shape index (κ3) is 1.87. The minimum atomic E-state index is 0.290. The average Bonchev–Trinajstić information content (AvgIpc) is 2.86. The van der Waals surface area contributed by atoms with Crippen LogP contribution in [0.5, 0.6) is 0 Å². The van der Waals surface area contributed by atoms with Gasteiger partial charge in [-0.25, -0.2) is 0 Å². The van der Waals surface area contributed by atoms with Gasteiger partial charge in [-0.2, -0.15) is 0 Å². The summed E-state index contributed by atoms with van der Waals surface area (Å²) < 4.78 is 5.78. The van der Waals surface area contributed by atoms with Crippen molar-refractivity contribution >= 4 is 5.71 Å². The molecule has 17 heavy (non-hydrogen) atoms. The molecule has 1 saturated heterocycles. The van der Waals surface area contributed by atoms with Crippen LogP contribution in [0.4, 0.5) is 0 Å². The minimum absolute atomic E-state index is 0.290. The molecule has 3 rings (SSSR count). The number of oxime groups is 1. The molecule has 2 saturated carbocycles. The molecule has 0 aromatic rings. The first-order valence-corrected chi connectivity index (χ1v) is 6.80. The normalized spacial score (nSPS) is 49.1. The van der Waals surface area contributed by atoms with Crippen molar-refractivity contribution in [2.24, 2.45) is 17.0 Å². The molecular formula is C13H22N2O2. The van der Waals surface area contributed by atoms with Gasteiger partial charge in [0, 0.05) is 19.0 Å². The summed E-state index contributed by atoms with van der Waals surface area (Å²) in [6.45, 7) is 6.20. The SMILES string of the molecule is C[C@@H]1CN([C@H]2/C(=N/O)[C@H]3CC[C@H]2C3)C[C@@H](C)O1. The summed E-state index contributed by atoms with van der Waals surface area (Å²) in [5, 5.41) is 12.9. The number of hydrogen-bond donors (Lipinski definition) is 1. The quantitative estimate of drug-likeness (QED) is 0.559. The molecule has 3 fully saturated rings. The number of rotatable bonds is 1. The Kier molecular flexibility index (Phi) is 2.87. The van der Waals surface area contributed by atoms with Crippen LogP contribution in [0, 0.1) is 11.8 Å². The number of hydrogen-bond acceptors (Lipinski definition) is 4. The highest BCUT2D eigenvalue weighted by molar-refractivity contribution is 5.94. The van der Waals surface area contributed by atoms with Gasteiger partial charge in [0.1, 0.15) is 0 Å². The molecule has 0 aromatic carbocycles. The molecule has 1 aliphatic heterocycles. The number of morpholine rings is 1. The summed E-state index contributed by atoms with van der Waals surface area (Å²) in [5.41, 5.74) is 1.04. The number of fused-ring (bicyclic) bond motifs is 2. The number of nitrogens with zero attached hydrogens (tertiary/aromatic N) is 2. The molecule has 0 unspecified atom stereocenters. The van der Waals surface area contributed by atoms with Gasteiger partial charge in [-0.3, -0.25) is 4.90 Å². The zero-order valence-electron chi connectivity index (χ0n) is 10.7. The van der Waals surface area contributed by atoms with E-state index in [-0.39, 0.29) is 12.2 Å². The molecule has 0 spiro atoms. The minimum Gasteiger partial charge on any atom is -0.411 e. The Bertz CT molecular complexity index is 321. The van der Waals surface area contributed by atoms with Gasteiger partial charge in [-0.1, -0.05) is 5.16 Å². The lowest BCUT2D eigenvalue weighted by molar-refractivity contribution is -0.0777. The first-order chi connectivity index (χ1) is 8.19. The fourth-order valence-electron chi connectivity index (χ4n) is 4.13. The zero-order valence-corrected chi connectivity index (χ0v) is 10.7. The van der Waals surface area contributed by atoms with Crippen LogP contribution in [0.25, 0.3) is 0 Å². The predicted octanol–water partition coefficient (Wildman–Crippen LogP) is 1.72. The van der Waals surface area contributed by atoms with E-state index in [0.29, 0.717) is 17.9 Å². The highest BCUT2D eigenvalue weighted by atomic mass is 16.5. The van der Waals surface area contributed by atoms with Gasteiger partial charge >= 0.3 is 0 Å². The maximum atomic E-state index is 9.25. The van der Waals surface area contributed by atoms with Gasteiger partial charge in [0.05, 0.1) is 24.0 Å². The van der Waals surface area contributed by atoms with Crippen molar-refractivity contribution in [3.05, 3.63) is 0 Å². The van der Waals surface area contributed by atoms with Crippen LogP contribution in [0.1, 0.15) is 33.1 Å². The molecule has 5 atom stereocenters. The van der Waals surface area contributed by atoms with Gasteiger partial charge in [-0.15, -0.1) is 0 Å². The lowest BCUT2D eigenvalue weighted by Crippen LogP contribution is -2.54. The smallest absolute Gasteiger partial charge is 0.0775 e. The van der Waals surface area contributed by atoms with Crippen LogP contribution >= 0.6 is 0 Å². The van der Waals surface area contributed by atoms with Crippen molar-refractivity contribution in [2.75, 3.05) is 13.1 Å². The topological polar surface area (TPSA) is 45.1 Å². The van der Waals surface area contributed by atoms with E-state index in [1.165, 1.54) is 19.3 Å². The van der Waals surface area contributed by atoms with E-state index in [1.807, 2.05) is 0 Å². The Morgan fingerprint density at radius 3 is 2.59 bits per heavy atom. The van der Waals surface area contributed by atoms with Crippen LogP contribution in [0.2, 0.25) is 0 Å². The van der Waals surface area contributed by atoms with Crippen molar-refractivity contribution in [1.82, 2.24) is 4.90 Å². The maximum absolute atomic E-state index is 9.25. The fraction of sp³-hybridized carbons (Fsp3) is 0.923. The van der Waals surface area contributed by atoms with E-state index in [2.05, 4.69) is 23.9 Å². The molecule has 96 valence electrons. The van der Waals surface area contributed by atoms with Crippen LogP contribution in [-0.4, -0.2) is 47.2 Å². The van der Waals surface area contributed by atoms with Gasteiger partial charge in [-0.05, 0) is 39.0 Å². The Morgan fingerprint density at radius 1 is 1.24 bits per heavy atom. The standard InChI is InChI=1S/C13H22N2O2/c1-8-6-15(7-9(2)17-8)13-11-4-3-10(5-11)12(13)14-16/h8-11,13,16H,3-7H2,1-2H3/b14-12+/t8-,9-,10+,11+,13-/m1/s1. The Morgan fingerprint density at radius 2 is 1.94 bits per heavy atom. The monoisotopic (exact) mass is 238 g/mol. The average molecular weight is 238 g/mol. The highest BCUT2D eigenvalue weighted by Gasteiger charge is 2.49. The van der Waals surface area contributed by atoms with Crippen molar-refractivity contribution < 1.29 is 9.94 Å². The molecular weight excluding hydrogens is 216 g/mol. The number of ether oxygens (including phenoxy) is 1. The summed E-state index contributed by atoms with van der Waals surface area (Å²) in [4.78, 5) is 2.48. The van der Waals surface area contributed by atoms with E-state index in [0.717, 1.165) is 18.8 Å². The second-order valence-corrected chi connectivity index (χ2v) is 5.95. The third-order valence-corrected chi connectivity index (χ3v) is 4.60. The molecule has 0 radical (unpaired) electrons.